The molecular formula is C19H22N3OS+. The second-order valence-electron chi connectivity index (χ2n) is 6.23. The Labute approximate surface area is 146 Å². The highest BCUT2D eigenvalue weighted by Gasteiger charge is 2.13. The zero-order chi connectivity index (χ0) is 17.1. The van der Waals surface area contributed by atoms with Crippen molar-refractivity contribution in [2.45, 2.75) is 20.4 Å². The maximum absolute atomic E-state index is 12.2. The fourth-order valence-electron chi connectivity index (χ4n) is 2.61. The molecule has 0 radical (unpaired) electrons. The van der Waals surface area contributed by atoms with Crippen molar-refractivity contribution in [2.75, 3.05) is 18.9 Å². The van der Waals surface area contributed by atoms with Crippen LogP contribution >= 0.6 is 11.3 Å². The summed E-state index contributed by atoms with van der Waals surface area (Å²) in [6.45, 7) is 5.29. The maximum atomic E-state index is 12.2. The summed E-state index contributed by atoms with van der Waals surface area (Å²) < 4.78 is 1.19. The van der Waals surface area contributed by atoms with Crippen molar-refractivity contribution >= 4 is 33.1 Å². The monoisotopic (exact) mass is 340 g/mol. The number of benzene rings is 2. The maximum Gasteiger partial charge on any atom is 0.279 e. The van der Waals surface area contributed by atoms with E-state index in [1.54, 1.807) is 11.3 Å². The number of rotatable bonds is 5. The van der Waals surface area contributed by atoms with E-state index in [0.717, 1.165) is 27.7 Å². The molecule has 1 unspecified atom stereocenters. The molecule has 0 saturated heterocycles. The highest BCUT2D eigenvalue weighted by Crippen LogP contribution is 2.20. The summed E-state index contributed by atoms with van der Waals surface area (Å²) in [5.74, 6) is 0.0249. The van der Waals surface area contributed by atoms with E-state index in [4.69, 9.17) is 0 Å². The summed E-state index contributed by atoms with van der Waals surface area (Å²) >= 11 is 1.70. The van der Waals surface area contributed by atoms with Crippen LogP contribution in [0, 0.1) is 13.8 Å². The molecule has 1 amide bonds. The summed E-state index contributed by atoms with van der Waals surface area (Å²) in [5.41, 5.74) is 4.30. The first-order valence-corrected chi connectivity index (χ1v) is 8.86. The molecule has 0 aliphatic rings. The molecule has 1 heterocycles. The SMILES string of the molecule is Cc1ccc(NC(=O)C[NH+](C)Cc2nc3ccccc3s2)cc1C. The van der Waals surface area contributed by atoms with Crippen LogP contribution in [0.4, 0.5) is 5.69 Å². The number of quaternary nitrogens is 1. The number of para-hydroxylation sites is 1. The Hall–Kier alpha value is -2.24. The number of hydrogen-bond acceptors (Lipinski definition) is 3. The molecule has 0 aliphatic heterocycles. The van der Waals surface area contributed by atoms with E-state index in [9.17, 15) is 4.79 Å². The summed E-state index contributed by atoms with van der Waals surface area (Å²) in [7, 11) is 2.02. The molecule has 1 atom stereocenters. The summed E-state index contributed by atoms with van der Waals surface area (Å²) in [4.78, 5) is 18.0. The van der Waals surface area contributed by atoms with Crippen molar-refractivity contribution in [1.29, 1.82) is 0 Å². The highest BCUT2D eigenvalue weighted by molar-refractivity contribution is 7.18. The molecule has 0 aliphatic carbocycles. The van der Waals surface area contributed by atoms with Gasteiger partial charge in [-0.15, -0.1) is 11.3 Å². The van der Waals surface area contributed by atoms with Crippen LogP contribution in [0.25, 0.3) is 10.2 Å². The highest BCUT2D eigenvalue weighted by atomic mass is 32.1. The summed E-state index contributed by atoms with van der Waals surface area (Å²) in [6.07, 6.45) is 0. The van der Waals surface area contributed by atoms with E-state index in [-0.39, 0.29) is 5.91 Å². The van der Waals surface area contributed by atoms with E-state index < -0.39 is 0 Å². The molecule has 2 N–H and O–H groups in total. The molecule has 1 aromatic heterocycles. The Kier molecular flexibility index (Phi) is 4.92. The number of carbonyl (C=O) groups excluding carboxylic acids is 1. The van der Waals surface area contributed by atoms with Crippen molar-refractivity contribution in [3.8, 4) is 0 Å². The minimum Gasteiger partial charge on any atom is -0.324 e. The Bertz CT molecular complexity index is 839. The molecule has 5 heteroatoms. The first kappa shape index (κ1) is 16.6. The van der Waals surface area contributed by atoms with Crippen LogP contribution in [-0.4, -0.2) is 24.5 Å². The van der Waals surface area contributed by atoms with Crippen LogP contribution in [0.3, 0.4) is 0 Å². The number of aryl methyl sites for hydroxylation is 2. The third-order valence-electron chi connectivity index (χ3n) is 4.04. The number of nitrogens with zero attached hydrogens (tertiary/aromatic N) is 1. The van der Waals surface area contributed by atoms with Gasteiger partial charge in [0.2, 0.25) is 0 Å². The second-order valence-corrected chi connectivity index (χ2v) is 7.35. The number of anilines is 1. The zero-order valence-electron chi connectivity index (χ0n) is 14.2. The average molecular weight is 340 g/mol. The standard InChI is InChI=1S/C19H21N3OS/c1-13-8-9-15(10-14(13)2)20-18(23)11-22(3)12-19-21-16-6-4-5-7-17(16)24-19/h4-10H,11-12H2,1-3H3,(H,20,23)/p+1. The number of fused-ring (bicyclic) bond motifs is 1. The predicted molar refractivity (Wildman–Crippen MR) is 99.6 cm³/mol. The molecule has 0 saturated carbocycles. The van der Waals surface area contributed by atoms with Crippen molar-refractivity contribution in [3.05, 3.63) is 58.6 Å². The van der Waals surface area contributed by atoms with Gasteiger partial charge >= 0.3 is 0 Å². The van der Waals surface area contributed by atoms with E-state index in [2.05, 4.69) is 30.2 Å². The topological polar surface area (TPSA) is 46.4 Å². The largest absolute Gasteiger partial charge is 0.324 e. The van der Waals surface area contributed by atoms with Crippen LogP contribution in [0.15, 0.2) is 42.5 Å². The van der Waals surface area contributed by atoms with E-state index in [1.165, 1.54) is 15.8 Å². The predicted octanol–water partition coefficient (Wildman–Crippen LogP) is 2.57. The molecule has 3 rings (SSSR count). The average Bonchev–Trinajstić information content (AvgIpc) is 2.92. The zero-order valence-corrected chi connectivity index (χ0v) is 15.0. The van der Waals surface area contributed by atoms with Crippen molar-refractivity contribution in [1.82, 2.24) is 4.98 Å². The van der Waals surface area contributed by atoms with Gasteiger partial charge in [0.1, 0.15) is 11.6 Å². The van der Waals surface area contributed by atoms with Crippen LogP contribution in [0.1, 0.15) is 16.1 Å². The lowest BCUT2D eigenvalue weighted by molar-refractivity contribution is -0.885. The van der Waals surface area contributed by atoms with Crippen LogP contribution in [-0.2, 0) is 11.3 Å². The van der Waals surface area contributed by atoms with E-state index >= 15 is 0 Å². The van der Waals surface area contributed by atoms with E-state index in [0.29, 0.717) is 6.54 Å². The number of hydrogen-bond donors (Lipinski definition) is 2. The van der Waals surface area contributed by atoms with Gasteiger partial charge in [-0.3, -0.25) is 4.79 Å². The lowest BCUT2D eigenvalue weighted by atomic mass is 10.1. The van der Waals surface area contributed by atoms with Gasteiger partial charge in [-0.25, -0.2) is 4.98 Å². The smallest absolute Gasteiger partial charge is 0.279 e. The van der Waals surface area contributed by atoms with Gasteiger partial charge < -0.3 is 10.2 Å². The van der Waals surface area contributed by atoms with Gasteiger partial charge in [0.25, 0.3) is 5.91 Å². The fourth-order valence-corrected chi connectivity index (χ4v) is 3.70. The van der Waals surface area contributed by atoms with E-state index in [1.807, 2.05) is 43.4 Å². The minimum atomic E-state index is 0.0249. The molecule has 0 bridgehead atoms. The quantitative estimate of drug-likeness (QED) is 0.750. The Morgan fingerprint density at radius 1 is 1.17 bits per heavy atom. The molecule has 2 aromatic carbocycles. The van der Waals surface area contributed by atoms with Crippen molar-refractivity contribution in [3.63, 3.8) is 0 Å². The third-order valence-corrected chi connectivity index (χ3v) is 5.08. The third kappa shape index (κ3) is 3.99. The normalized spacial score (nSPS) is 12.3. The Morgan fingerprint density at radius 3 is 2.71 bits per heavy atom. The van der Waals surface area contributed by atoms with Crippen molar-refractivity contribution in [2.24, 2.45) is 0 Å². The first-order chi connectivity index (χ1) is 11.5. The molecule has 3 aromatic rings. The van der Waals surface area contributed by atoms with Gasteiger partial charge in [-0.05, 0) is 49.2 Å². The Balaban J connectivity index is 1.58. The number of likely N-dealkylation sites (N-methyl/N-ethyl adjacent to an activating group) is 1. The minimum absolute atomic E-state index is 0.0249. The number of aromatic nitrogens is 1. The molecule has 4 nitrogen and oxygen atoms in total. The van der Waals surface area contributed by atoms with Crippen LogP contribution in [0.2, 0.25) is 0 Å². The number of amides is 1. The summed E-state index contributed by atoms with van der Waals surface area (Å²) in [5, 5.41) is 4.04. The number of carbonyl (C=O) groups is 1. The molecule has 24 heavy (non-hydrogen) atoms. The fraction of sp³-hybridized carbons (Fsp3) is 0.263. The van der Waals surface area contributed by atoms with Gasteiger partial charge in [-0.1, -0.05) is 18.2 Å². The van der Waals surface area contributed by atoms with Crippen LogP contribution < -0.4 is 10.2 Å². The molecule has 0 spiro atoms. The van der Waals surface area contributed by atoms with Gasteiger partial charge in [0.15, 0.2) is 6.54 Å². The van der Waals surface area contributed by atoms with Crippen molar-refractivity contribution < 1.29 is 9.69 Å². The van der Waals surface area contributed by atoms with Gasteiger partial charge in [0, 0.05) is 5.69 Å². The number of thiazole rings is 1. The lowest BCUT2D eigenvalue weighted by Gasteiger charge is -2.13. The molecular weight excluding hydrogens is 318 g/mol. The summed E-state index contributed by atoms with van der Waals surface area (Å²) in [6, 6.07) is 14.1. The Morgan fingerprint density at radius 2 is 1.96 bits per heavy atom. The van der Waals surface area contributed by atoms with Crippen LogP contribution in [0.5, 0.6) is 0 Å². The lowest BCUT2D eigenvalue weighted by Crippen LogP contribution is -3.08. The second kappa shape index (κ2) is 7.11. The molecule has 124 valence electrons. The van der Waals surface area contributed by atoms with Gasteiger partial charge in [-0.2, -0.15) is 0 Å². The first-order valence-electron chi connectivity index (χ1n) is 8.04. The molecule has 0 fully saturated rings. The van der Waals surface area contributed by atoms with Gasteiger partial charge in [0.05, 0.1) is 17.3 Å². The number of nitrogens with one attached hydrogen (secondary N) is 2.